The average molecular weight is 552 g/mol. The summed E-state index contributed by atoms with van der Waals surface area (Å²) in [4.78, 5) is 28.6. The zero-order valence-electron chi connectivity index (χ0n) is 18.8. The van der Waals surface area contributed by atoms with Crippen LogP contribution in [0.2, 0.25) is 0 Å². The fourth-order valence-electron chi connectivity index (χ4n) is 3.91. The maximum atomic E-state index is 13.1. The first-order valence-corrected chi connectivity index (χ1v) is 11.8. The predicted octanol–water partition coefficient (Wildman–Crippen LogP) is 3.74. The zero-order valence-corrected chi connectivity index (χ0v) is 20.4. The minimum atomic E-state index is -2.98. The lowest BCUT2D eigenvalue weighted by Gasteiger charge is -2.29. The third-order valence-electron chi connectivity index (χ3n) is 5.64. The molecule has 9 nitrogen and oxygen atoms in total. The van der Waals surface area contributed by atoms with Gasteiger partial charge in [-0.2, -0.15) is 5.10 Å². The fourth-order valence-corrected chi connectivity index (χ4v) is 4.44. The zero-order chi connectivity index (χ0) is 25.2. The van der Waals surface area contributed by atoms with E-state index in [1.807, 2.05) is 0 Å². The van der Waals surface area contributed by atoms with Crippen molar-refractivity contribution in [3.05, 3.63) is 52.4 Å². The summed E-state index contributed by atoms with van der Waals surface area (Å²) in [5, 5.41) is 7.22. The van der Waals surface area contributed by atoms with E-state index in [4.69, 9.17) is 15.2 Å². The number of alkyl halides is 2. The van der Waals surface area contributed by atoms with E-state index in [9.17, 15) is 18.4 Å². The Hall–Kier alpha value is -3.28. The molecule has 3 aromatic heterocycles. The van der Waals surface area contributed by atoms with Crippen molar-refractivity contribution in [1.29, 1.82) is 0 Å². The summed E-state index contributed by atoms with van der Waals surface area (Å²) in [6.07, 6.45) is 5.53. The van der Waals surface area contributed by atoms with Crippen LogP contribution in [0.1, 0.15) is 53.3 Å². The van der Waals surface area contributed by atoms with Crippen LogP contribution in [0.25, 0.3) is 5.52 Å². The number of nitrogens with two attached hydrogens (primary N) is 1. The lowest BCUT2D eigenvalue weighted by Crippen LogP contribution is -2.39. The fraction of sp³-hybridized carbons (Fsp3) is 0.391. The van der Waals surface area contributed by atoms with Crippen LogP contribution in [0.4, 0.5) is 8.78 Å². The van der Waals surface area contributed by atoms with Crippen LogP contribution in [-0.2, 0) is 0 Å². The van der Waals surface area contributed by atoms with Crippen molar-refractivity contribution in [1.82, 2.24) is 19.9 Å². The molecular formula is C23H24BrF2N5O4. The highest BCUT2D eigenvalue weighted by Gasteiger charge is 2.27. The largest absolute Gasteiger partial charge is 0.484 e. The summed E-state index contributed by atoms with van der Waals surface area (Å²) in [5.41, 5.74) is 6.48. The Morgan fingerprint density at radius 3 is 2.66 bits per heavy atom. The third-order valence-corrected chi connectivity index (χ3v) is 6.37. The van der Waals surface area contributed by atoms with E-state index in [1.165, 1.54) is 23.0 Å². The molecule has 0 aliphatic heterocycles. The Morgan fingerprint density at radius 2 is 1.97 bits per heavy atom. The van der Waals surface area contributed by atoms with E-state index in [2.05, 4.69) is 31.3 Å². The highest BCUT2D eigenvalue weighted by atomic mass is 79.9. The minimum Gasteiger partial charge on any atom is -0.484 e. The second kappa shape index (κ2) is 10.1. The molecule has 0 bridgehead atoms. The minimum absolute atomic E-state index is 0.0607. The van der Waals surface area contributed by atoms with E-state index in [0.29, 0.717) is 41.4 Å². The third kappa shape index (κ3) is 5.87. The van der Waals surface area contributed by atoms with Gasteiger partial charge in [0.2, 0.25) is 5.88 Å². The number of nitrogens with zero attached hydrogens (tertiary/aromatic N) is 3. The van der Waals surface area contributed by atoms with Crippen LogP contribution in [-0.4, -0.2) is 51.1 Å². The van der Waals surface area contributed by atoms with E-state index in [0.717, 1.165) is 6.92 Å². The molecule has 1 aliphatic rings. The van der Waals surface area contributed by atoms with Crippen molar-refractivity contribution in [2.45, 2.75) is 50.7 Å². The van der Waals surface area contributed by atoms with E-state index < -0.39 is 18.4 Å². The summed E-state index contributed by atoms with van der Waals surface area (Å²) in [6.45, 7) is -0.00540. The number of carbonyl (C=O) groups excluding carboxylic acids is 2. The number of primary amides is 1. The maximum absolute atomic E-state index is 13.1. The maximum Gasteiger partial charge on any atom is 0.278 e. The molecule has 12 heteroatoms. The van der Waals surface area contributed by atoms with Crippen molar-refractivity contribution in [2.24, 2.45) is 5.73 Å². The molecular weight excluding hydrogens is 528 g/mol. The standard InChI is InChI=1S/C23H24BrF2N5O4/c1-23(25,26)12-34-18-9-8-17-16(11-29-31(17)19(18)24)21(33)30-13-4-6-14(7-5-13)35-22-15(20(27)32)3-2-10-28-22/h2-3,8-11,13-14H,4-7,12H2,1H3,(H2,27,32)(H,30,33)/t13-,14-. The molecule has 0 unspecified atom stereocenters. The van der Waals surface area contributed by atoms with Crippen LogP contribution in [0.15, 0.2) is 41.3 Å². The lowest BCUT2D eigenvalue weighted by molar-refractivity contribution is -0.0233. The van der Waals surface area contributed by atoms with Crippen LogP contribution in [0.3, 0.4) is 0 Å². The number of halogens is 3. The van der Waals surface area contributed by atoms with Crippen molar-refractivity contribution >= 4 is 33.3 Å². The predicted molar refractivity (Wildman–Crippen MR) is 126 cm³/mol. The van der Waals surface area contributed by atoms with Crippen molar-refractivity contribution in [2.75, 3.05) is 6.61 Å². The molecule has 3 N–H and O–H groups in total. The first-order chi connectivity index (χ1) is 16.6. The monoisotopic (exact) mass is 551 g/mol. The van der Waals surface area contributed by atoms with Gasteiger partial charge in [-0.25, -0.2) is 18.3 Å². The normalized spacial score (nSPS) is 18.3. The molecule has 4 rings (SSSR count). The van der Waals surface area contributed by atoms with Crippen molar-refractivity contribution in [3.8, 4) is 11.6 Å². The summed E-state index contributed by atoms with van der Waals surface area (Å²) >= 11 is 3.31. The Morgan fingerprint density at radius 1 is 1.23 bits per heavy atom. The SMILES string of the molecule is CC(F)(F)COc1ccc2c(C(=O)N[C@H]3CC[C@H](Oc4ncccc4C(N)=O)CC3)cnn2c1Br. The molecule has 0 saturated heterocycles. The van der Waals surface area contributed by atoms with Gasteiger partial charge >= 0.3 is 0 Å². The number of nitrogens with one attached hydrogen (secondary N) is 1. The topological polar surface area (TPSA) is 121 Å². The van der Waals surface area contributed by atoms with Gasteiger partial charge in [-0.1, -0.05) is 0 Å². The number of hydrogen-bond acceptors (Lipinski definition) is 6. The van der Waals surface area contributed by atoms with E-state index in [1.54, 1.807) is 18.2 Å². The molecule has 3 heterocycles. The second-order valence-electron chi connectivity index (χ2n) is 8.49. The van der Waals surface area contributed by atoms with Crippen molar-refractivity contribution in [3.63, 3.8) is 0 Å². The number of hydrogen-bond donors (Lipinski definition) is 2. The van der Waals surface area contributed by atoms with Gasteiger partial charge in [-0.3, -0.25) is 9.59 Å². The van der Waals surface area contributed by atoms with Gasteiger partial charge in [0, 0.05) is 19.2 Å². The summed E-state index contributed by atoms with van der Waals surface area (Å²) in [7, 11) is 0. The number of fused-ring (bicyclic) bond motifs is 1. The molecule has 2 amide bonds. The van der Waals surface area contributed by atoms with Crippen molar-refractivity contribution < 1.29 is 27.8 Å². The lowest BCUT2D eigenvalue weighted by atomic mass is 9.92. The molecule has 1 fully saturated rings. The summed E-state index contributed by atoms with van der Waals surface area (Å²) in [5.74, 6) is -3.45. The molecule has 0 aromatic carbocycles. The average Bonchev–Trinajstić information content (AvgIpc) is 3.25. The molecule has 1 saturated carbocycles. The Balaban J connectivity index is 1.36. The Labute approximate surface area is 208 Å². The van der Waals surface area contributed by atoms with Crippen LogP contribution in [0.5, 0.6) is 11.6 Å². The number of carbonyl (C=O) groups is 2. The molecule has 186 valence electrons. The smallest absolute Gasteiger partial charge is 0.278 e. The highest BCUT2D eigenvalue weighted by molar-refractivity contribution is 9.10. The summed E-state index contributed by atoms with van der Waals surface area (Å²) in [6, 6.07) is 6.25. The molecule has 3 aromatic rings. The van der Waals surface area contributed by atoms with Gasteiger partial charge in [0.1, 0.15) is 16.3 Å². The van der Waals surface area contributed by atoms with Gasteiger partial charge in [0.25, 0.3) is 17.7 Å². The number of aromatic nitrogens is 3. The van der Waals surface area contributed by atoms with Gasteiger partial charge < -0.3 is 20.5 Å². The first kappa shape index (κ1) is 24.8. The first-order valence-electron chi connectivity index (χ1n) is 11.0. The quantitative estimate of drug-likeness (QED) is 0.411. The van der Waals surface area contributed by atoms with Gasteiger partial charge in [-0.15, -0.1) is 0 Å². The van der Waals surface area contributed by atoms with Gasteiger partial charge in [0.05, 0.1) is 17.3 Å². The molecule has 1 aliphatic carbocycles. The second-order valence-corrected chi connectivity index (χ2v) is 9.24. The van der Waals surface area contributed by atoms with Crippen LogP contribution in [0, 0.1) is 0 Å². The highest BCUT2D eigenvalue weighted by Crippen LogP contribution is 2.29. The Bertz CT molecular complexity index is 1240. The Kier molecular flexibility index (Phi) is 7.20. The summed E-state index contributed by atoms with van der Waals surface area (Å²) < 4.78 is 39.1. The number of amides is 2. The van der Waals surface area contributed by atoms with Crippen LogP contribution >= 0.6 is 15.9 Å². The van der Waals surface area contributed by atoms with E-state index in [-0.39, 0.29) is 35.2 Å². The molecule has 0 spiro atoms. The molecule has 35 heavy (non-hydrogen) atoms. The number of pyridine rings is 2. The van der Waals surface area contributed by atoms with Gasteiger partial charge in [0.15, 0.2) is 12.4 Å². The van der Waals surface area contributed by atoms with Crippen LogP contribution < -0.4 is 20.5 Å². The van der Waals surface area contributed by atoms with E-state index >= 15 is 0 Å². The molecule has 0 radical (unpaired) electrons. The van der Waals surface area contributed by atoms with Gasteiger partial charge in [-0.05, 0) is 65.9 Å². The number of ether oxygens (including phenoxy) is 2. The number of rotatable bonds is 8. The molecule has 0 atom stereocenters.